The molecule has 134 valence electrons. The number of carbonyl (C=O) groups is 1. The number of benzene rings is 2. The lowest BCUT2D eigenvalue weighted by atomic mass is 10.1. The first-order valence-corrected chi connectivity index (χ1v) is 9.68. The van der Waals surface area contributed by atoms with Gasteiger partial charge in [-0.3, -0.25) is 4.79 Å². The molecule has 0 saturated carbocycles. The first kappa shape index (κ1) is 19.4. The Balaban J connectivity index is 2.16. The van der Waals surface area contributed by atoms with Crippen LogP contribution < -0.4 is 9.62 Å². The van der Waals surface area contributed by atoms with E-state index in [1.165, 1.54) is 19.1 Å². The Morgan fingerprint density at radius 1 is 1.08 bits per heavy atom. The number of hydrogen-bond donors (Lipinski definition) is 1. The number of nitrogens with zero attached hydrogens (tertiary/aromatic N) is 1. The van der Waals surface area contributed by atoms with Crippen LogP contribution in [0.5, 0.6) is 0 Å². The molecule has 5 nitrogen and oxygen atoms in total. The highest BCUT2D eigenvalue weighted by atomic mass is 35.5. The maximum absolute atomic E-state index is 12.4. The lowest BCUT2D eigenvalue weighted by Gasteiger charge is -2.25. The van der Waals surface area contributed by atoms with E-state index >= 15 is 0 Å². The van der Waals surface area contributed by atoms with E-state index in [1.807, 2.05) is 32.0 Å². The van der Waals surface area contributed by atoms with Crippen LogP contribution in [0.1, 0.15) is 18.1 Å². The summed E-state index contributed by atoms with van der Waals surface area (Å²) < 4.78 is 27.3. The van der Waals surface area contributed by atoms with Gasteiger partial charge in [-0.05, 0) is 37.1 Å². The van der Waals surface area contributed by atoms with Crippen molar-refractivity contribution in [2.24, 2.45) is 0 Å². The first-order chi connectivity index (χ1) is 11.7. The summed E-state index contributed by atoms with van der Waals surface area (Å²) in [7, 11) is -3.73. The van der Waals surface area contributed by atoms with Gasteiger partial charge in [0.2, 0.25) is 15.9 Å². The third kappa shape index (κ3) is 4.60. The highest BCUT2D eigenvalue weighted by Gasteiger charge is 2.19. The summed E-state index contributed by atoms with van der Waals surface area (Å²) in [4.78, 5) is 13.7. The number of nitrogens with one attached hydrogen (secondary N) is 1. The van der Waals surface area contributed by atoms with Crippen molar-refractivity contribution >= 4 is 33.2 Å². The van der Waals surface area contributed by atoms with Crippen molar-refractivity contribution in [1.29, 1.82) is 0 Å². The lowest BCUT2D eigenvalue weighted by Crippen LogP contribution is -2.38. The molecule has 0 spiro atoms. The van der Waals surface area contributed by atoms with Gasteiger partial charge in [-0.25, -0.2) is 13.1 Å². The predicted molar refractivity (Wildman–Crippen MR) is 101 cm³/mol. The van der Waals surface area contributed by atoms with Gasteiger partial charge < -0.3 is 4.90 Å². The minimum absolute atomic E-state index is 0.0260. The zero-order valence-corrected chi connectivity index (χ0v) is 16.0. The van der Waals surface area contributed by atoms with Crippen LogP contribution in [0.25, 0.3) is 0 Å². The Morgan fingerprint density at radius 2 is 1.68 bits per heavy atom. The molecule has 2 aromatic carbocycles. The monoisotopic (exact) mass is 380 g/mol. The fourth-order valence-electron chi connectivity index (χ4n) is 2.69. The zero-order valence-electron chi connectivity index (χ0n) is 14.4. The Kier molecular flexibility index (Phi) is 6.21. The second-order valence-electron chi connectivity index (χ2n) is 5.74. The van der Waals surface area contributed by atoms with Crippen LogP contribution in [0.2, 0.25) is 5.02 Å². The molecule has 0 aliphatic carbocycles. The molecule has 0 fully saturated rings. The number of aryl methyl sites for hydroxylation is 2. The van der Waals surface area contributed by atoms with Crippen molar-refractivity contribution in [2.45, 2.75) is 25.7 Å². The number of carbonyl (C=O) groups excluding carboxylic acids is 1. The second-order valence-corrected chi connectivity index (χ2v) is 7.88. The van der Waals surface area contributed by atoms with Gasteiger partial charge in [-0.1, -0.05) is 41.9 Å². The van der Waals surface area contributed by atoms with Crippen LogP contribution >= 0.6 is 11.6 Å². The van der Waals surface area contributed by atoms with Crippen molar-refractivity contribution in [2.75, 3.05) is 18.0 Å². The Bertz CT molecular complexity index is 861. The molecular weight excluding hydrogens is 360 g/mol. The van der Waals surface area contributed by atoms with E-state index in [0.29, 0.717) is 0 Å². The molecule has 0 saturated heterocycles. The molecule has 1 amide bonds. The quantitative estimate of drug-likeness (QED) is 0.836. The van der Waals surface area contributed by atoms with Crippen LogP contribution in [0, 0.1) is 13.8 Å². The van der Waals surface area contributed by atoms with Crippen LogP contribution in [-0.2, 0) is 14.8 Å². The first-order valence-electron chi connectivity index (χ1n) is 7.82. The number of rotatable bonds is 6. The predicted octanol–water partition coefficient (Wildman–Crippen LogP) is 3.29. The summed E-state index contributed by atoms with van der Waals surface area (Å²) in [6.07, 6.45) is 0. The summed E-state index contributed by atoms with van der Waals surface area (Å²) in [5.41, 5.74) is 2.74. The Labute approximate surface area is 153 Å². The highest BCUT2D eigenvalue weighted by molar-refractivity contribution is 7.89. The summed E-state index contributed by atoms with van der Waals surface area (Å²) in [6, 6.07) is 12.0. The van der Waals surface area contributed by atoms with Crippen molar-refractivity contribution in [3.05, 3.63) is 58.6 Å². The molecule has 0 aliphatic heterocycles. The van der Waals surface area contributed by atoms with Crippen LogP contribution in [0.15, 0.2) is 47.4 Å². The third-order valence-corrected chi connectivity index (χ3v) is 5.80. The summed E-state index contributed by atoms with van der Waals surface area (Å²) in [5, 5.41) is 0.160. The zero-order chi connectivity index (χ0) is 18.6. The van der Waals surface area contributed by atoms with E-state index in [0.717, 1.165) is 16.8 Å². The van der Waals surface area contributed by atoms with Crippen molar-refractivity contribution in [3.63, 3.8) is 0 Å². The fraction of sp³-hybridized carbons (Fsp3) is 0.278. The van der Waals surface area contributed by atoms with Crippen molar-refractivity contribution in [1.82, 2.24) is 4.72 Å². The molecule has 0 bridgehead atoms. The average molecular weight is 381 g/mol. The van der Waals surface area contributed by atoms with Gasteiger partial charge in [-0.15, -0.1) is 0 Å². The maximum Gasteiger partial charge on any atom is 0.242 e. The van der Waals surface area contributed by atoms with Crippen LogP contribution in [0.4, 0.5) is 5.69 Å². The maximum atomic E-state index is 12.4. The molecule has 25 heavy (non-hydrogen) atoms. The number of para-hydroxylation sites is 1. The summed E-state index contributed by atoms with van der Waals surface area (Å²) in [6.45, 7) is 5.62. The van der Waals surface area contributed by atoms with Gasteiger partial charge in [0.1, 0.15) is 4.90 Å². The third-order valence-electron chi connectivity index (χ3n) is 3.84. The fourth-order valence-corrected chi connectivity index (χ4v) is 4.23. The summed E-state index contributed by atoms with van der Waals surface area (Å²) in [5.74, 6) is -0.144. The van der Waals surface area contributed by atoms with Gasteiger partial charge in [0.15, 0.2) is 0 Å². The van der Waals surface area contributed by atoms with Gasteiger partial charge in [-0.2, -0.15) is 0 Å². The number of hydrogen-bond acceptors (Lipinski definition) is 3. The molecule has 0 heterocycles. The molecule has 2 rings (SSSR count). The van der Waals surface area contributed by atoms with E-state index < -0.39 is 10.0 Å². The molecule has 0 aromatic heterocycles. The SMILES string of the molecule is CC(=O)N(CCNS(=O)(=O)c1ccccc1Cl)c1c(C)cccc1C. The smallest absolute Gasteiger partial charge is 0.242 e. The normalized spacial score (nSPS) is 11.4. The van der Waals surface area contributed by atoms with Crippen molar-refractivity contribution < 1.29 is 13.2 Å². The lowest BCUT2D eigenvalue weighted by molar-refractivity contribution is -0.116. The van der Waals surface area contributed by atoms with Gasteiger partial charge >= 0.3 is 0 Å². The standard InChI is InChI=1S/C18H21ClN2O3S/c1-13-7-6-8-14(2)18(13)21(15(3)22)12-11-20-25(23,24)17-10-5-4-9-16(17)19/h4-10,20H,11-12H2,1-3H3. The van der Waals surface area contributed by atoms with Gasteiger partial charge in [0, 0.05) is 25.7 Å². The minimum Gasteiger partial charge on any atom is -0.311 e. The van der Waals surface area contributed by atoms with E-state index in [4.69, 9.17) is 11.6 Å². The minimum atomic E-state index is -3.73. The number of halogens is 1. The Hall–Kier alpha value is -1.89. The van der Waals surface area contributed by atoms with E-state index in [9.17, 15) is 13.2 Å². The van der Waals surface area contributed by atoms with Gasteiger partial charge in [0.05, 0.1) is 5.02 Å². The van der Waals surface area contributed by atoms with E-state index in [-0.39, 0.29) is 28.9 Å². The number of amides is 1. The van der Waals surface area contributed by atoms with Crippen LogP contribution in [0.3, 0.4) is 0 Å². The molecule has 0 radical (unpaired) electrons. The number of anilines is 1. The van der Waals surface area contributed by atoms with Crippen LogP contribution in [-0.4, -0.2) is 27.4 Å². The molecular formula is C18H21ClN2O3S. The highest BCUT2D eigenvalue weighted by Crippen LogP contribution is 2.25. The molecule has 0 atom stereocenters. The molecule has 0 unspecified atom stereocenters. The molecule has 7 heteroatoms. The topological polar surface area (TPSA) is 66.5 Å². The largest absolute Gasteiger partial charge is 0.311 e. The molecule has 1 N–H and O–H groups in total. The Morgan fingerprint density at radius 3 is 2.24 bits per heavy atom. The van der Waals surface area contributed by atoms with Gasteiger partial charge in [0.25, 0.3) is 0 Å². The van der Waals surface area contributed by atoms with Crippen molar-refractivity contribution in [3.8, 4) is 0 Å². The summed E-state index contributed by atoms with van der Waals surface area (Å²) >= 11 is 5.95. The second kappa shape index (κ2) is 7.99. The number of sulfonamides is 1. The molecule has 2 aromatic rings. The van der Waals surface area contributed by atoms with E-state index in [2.05, 4.69) is 4.72 Å². The molecule has 0 aliphatic rings. The average Bonchev–Trinajstić information content (AvgIpc) is 2.53. The van der Waals surface area contributed by atoms with E-state index in [1.54, 1.807) is 17.0 Å².